The molecule has 0 heterocycles. The molecule has 0 aliphatic carbocycles. The molecule has 0 radical (unpaired) electrons. The van der Waals surface area contributed by atoms with Crippen molar-refractivity contribution in [2.24, 2.45) is 5.73 Å². The number of hydrogen-bond donors (Lipinski definition) is 1. The Kier molecular flexibility index (Phi) is 4.22. The maximum atomic E-state index is 6.53. The summed E-state index contributed by atoms with van der Waals surface area (Å²) in [4.78, 5) is 0. The van der Waals surface area contributed by atoms with Crippen LogP contribution in [0.5, 0.6) is 0 Å². The van der Waals surface area contributed by atoms with Crippen LogP contribution < -0.4 is 5.73 Å². The molecule has 106 valence electrons. The normalized spacial score (nSPS) is 12.6. The van der Waals surface area contributed by atoms with E-state index in [1.54, 1.807) is 0 Å². The fraction of sp³-hybridized carbons (Fsp3) is 0.333. The van der Waals surface area contributed by atoms with Crippen LogP contribution in [0, 0.1) is 34.6 Å². The Balaban J connectivity index is 2.58. The van der Waals surface area contributed by atoms with Gasteiger partial charge < -0.3 is 5.73 Å². The van der Waals surface area contributed by atoms with Crippen molar-refractivity contribution in [3.8, 4) is 0 Å². The molecule has 2 aromatic rings. The molecule has 2 aromatic carbocycles. The van der Waals surface area contributed by atoms with E-state index < -0.39 is 0 Å². The van der Waals surface area contributed by atoms with E-state index in [1.807, 2.05) is 19.1 Å². The topological polar surface area (TPSA) is 26.0 Å². The average Bonchev–Trinajstić information content (AvgIpc) is 2.40. The van der Waals surface area contributed by atoms with E-state index in [0.29, 0.717) is 0 Å². The van der Waals surface area contributed by atoms with Gasteiger partial charge in [0.05, 0.1) is 6.04 Å². The average molecular weight is 288 g/mol. The van der Waals surface area contributed by atoms with Gasteiger partial charge in [0.1, 0.15) is 0 Å². The second kappa shape index (κ2) is 5.59. The molecule has 2 N–H and O–H groups in total. The number of hydrogen-bond acceptors (Lipinski definition) is 1. The van der Waals surface area contributed by atoms with Crippen LogP contribution in [0.1, 0.15) is 45.0 Å². The van der Waals surface area contributed by atoms with Crippen molar-refractivity contribution in [3.05, 3.63) is 68.2 Å². The lowest BCUT2D eigenvalue weighted by Gasteiger charge is -2.22. The maximum Gasteiger partial charge on any atom is 0.0557 e. The Hall–Kier alpha value is -1.31. The van der Waals surface area contributed by atoms with Crippen LogP contribution in [0.4, 0.5) is 0 Å². The van der Waals surface area contributed by atoms with Gasteiger partial charge in [0, 0.05) is 5.02 Å². The molecule has 20 heavy (non-hydrogen) atoms. The van der Waals surface area contributed by atoms with Crippen LogP contribution in [-0.4, -0.2) is 0 Å². The first-order valence-electron chi connectivity index (χ1n) is 6.92. The Morgan fingerprint density at radius 2 is 1.40 bits per heavy atom. The molecule has 1 nitrogen and oxygen atoms in total. The number of halogens is 1. The van der Waals surface area contributed by atoms with E-state index >= 15 is 0 Å². The summed E-state index contributed by atoms with van der Waals surface area (Å²) in [5, 5.41) is 0.787. The molecule has 2 heteroatoms. The standard InChI is InChI=1S/C18H22ClN/c1-10-8-11(2)14(5)17(13(10)4)18(20)15-6-7-16(19)12(3)9-15/h6-9,18H,20H2,1-5H3. The maximum absolute atomic E-state index is 6.53. The summed E-state index contributed by atoms with van der Waals surface area (Å²) in [5.74, 6) is 0. The molecule has 0 saturated carbocycles. The lowest BCUT2D eigenvalue weighted by molar-refractivity contribution is 0.844. The van der Waals surface area contributed by atoms with Crippen LogP contribution >= 0.6 is 11.6 Å². The molecule has 2 rings (SSSR count). The smallest absolute Gasteiger partial charge is 0.0557 e. The summed E-state index contributed by atoms with van der Waals surface area (Å²) in [6, 6.07) is 8.16. The molecule has 0 aliphatic heterocycles. The first-order valence-corrected chi connectivity index (χ1v) is 7.29. The van der Waals surface area contributed by atoms with Gasteiger partial charge in [-0.25, -0.2) is 0 Å². The summed E-state index contributed by atoms with van der Waals surface area (Å²) in [6.07, 6.45) is 0. The van der Waals surface area contributed by atoms with Crippen molar-refractivity contribution in [1.82, 2.24) is 0 Å². The minimum absolute atomic E-state index is 0.107. The van der Waals surface area contributed by atoms with Gasteiger partial charge in [-0.3, -0.25) is 0 Å². The molecule has 0 fully saturated rings. The predicted octanol–water partition coefficient (Wildman–Crippen LogP) is 4.93. The Morgan fingerprint density at radius 1 is 0.850 bits per heavy atom. The monoisotopic (exact) mass is 287 g/mol. The Morgan fingerprint density at radius 3 is 1.90 bits per heavy atom. The molecule has 1 unspecified atom stereocenters. The van der Waals surface area contributed by atoms with Gasteiger partial charge in [0.2, 0.25) is 0 Å². The first-order chi connectivity index (χ1) is 9.32. The molecule has 0 bridgehead atoms. The SMILES string of the molecule is Cc1cc(C(N)c2c(C)c(C)cc(C)c2C)ccc1Cl. The van der Waals surface area contributed by atoms with Gasteiger partial charge in [-0.15, -0.1) is 0 Å². The lowest BCUT2D eigenvalue weighted by atomic mass is 9.87. The van der Waals surface area contributed by atoms with Gasteiger partial charge in [-0.05, 0) is 79.6 Å². The van der Waals surface area contributed by atoms with Crippen molar-refractivity contribution in [2.45, 2.75) is 40.7 Å². The first kappa shape index (κ1) is 15.1. The van der Waals surface area contributed by atoms with E-state index in [-0.39, 0.29) is 6.04 Å². The zero-order valence-electron chi connectivity index (χ0n) is 12.8. The fourth-order valence-electron chi connectivity index (χ4n) is 2.74. The number of aryl methyl sites for hydroxylation is 3. The van der Waals surface area contributed by atoms with Gasteiger partial charge in [-0.2, -0.15) is 0 Å². The van der Waals surface area contributed by atoms with Crippen LogP contribution in [0.2, 0.25) is 5.02 Å². The van der Waals surface area contributed by atoms with E-state index in [1.165, 1.54) is 27.8 Å². The summed E-state index contributed by atoms with van der Waals surface area (Å²) < 4.78 is 0. The Labute approximate surface area is 126 Å². The van der Waals surface area contributed by atoms with Gasteiger partial charge in [0.25, 0.3) is 0 Å². The number of nitrogens with two attached hydrogens (primary N) is 1. The van der Waals surface area contributed by atoms with Gasteiger partial charge in [0.15, 0.2) is 0 Å². The molecule has 0 spiro atoms. The highest BCUT2D eigenvalue weighted by atomic mass is 35.5. The molecule has 0 aliphatic rings. The fourth-order valence-corrected chi connectivity index (χ4v) is 2.86. The van der Waals surface area contributed by atoms with E-state index in [9.17, 15) is 0 Å². The summed E-state index contributed by atoms with van der Waals surface area (Å²) in [7, 11) is 0. The highest BCUT2D eigenvalue weighted by Gasteiger charge is 2.17. The van der Waals surface area contributed by atoms with E-state index in [4.69, 9.17) is 17.3 Å². The quantitative estimate of drug-likeness (QED) is 0.833. The largest absolute Gasteiger partial charge is 0.320 e. The third kappa shape index (κ3) is 2.61. The van der Waals surface area contributed by atoms with Crippen molar-refractivity contribution in [1.29, 1.82) is 0 Å². The highest BCUT2D eigenvalue weighted by Crippen LogP contribution is 2.31. The van der Waals surface area contributed by atoms with Crippen LogP contribution in [0.15, 0.2) is 24.3 Å². The summed E-state index contributed by atoms with van der Waals surface area (Å²) >= 11 is 6.10. The number of benzene rings is 2. The van der Waals surface area contributed by atoms with Crippen molar-refractivity contribution in [2.75, 3.05) is 0 Å². The Bertz CT molecular complexity index is 633. The van der Waals surface area contributed by atoms with Crippen molar-refractivity contribution in [3.63, 3.8) is 0 Å². The molecular formula is C18H22ClN. The third-order valence-corrected chi connectivity index (χ3v) is 4.70. The summed E-state index contributed by atoms with van der Waals surface area (Å²) in [6.45, 7) is 10.6. The third-order valence-electron chi connectivity index (χ3n) is 4.28. The molecule has 0 amide bonds. The lowest BCUT2D eigenvalue weighted by Crippen LogP contribution is -2.16. The van der Waals surface area contributed by atoms with E-state index in [2.05, 4.69) is 39.8 Å². The zero-order chi connectivity index (χ0) is 15.0. The minimum Gasteiger partial charge on any atom is -0.320 e. The zero-order valence-corrected chi connectivity index (χ0v) is 13.6. The van der Waals surface area contributed by atoms with Crippen molar-refractivity contribution >= 4 is 11.6 Å². The second-order valence-electron chi connectivity index (χ2n) is 5.66. The van der Waals surface area contributed by atoms with Gasteiger partial charge >= 0.3 is 0 Å². The van der Waals surface area contributed by atoms with Gasteiger partial charge in [-0.1, -0.05) is 29.8 Å². The molecule has 0 aromatic heterocycles. The predicted molar refractivity (Wildman–Crippen MR) is 87.6 cm³/mol. The van der Waals surface area contributed by atoms with Crippen molar-refractivity contribution < 1.29 is 0 Å². The molecule has 0 saturated heterocycles. The van der Waals surface area contributed by atoms with Crippen LogP contribution in [0.3, 0.4) is 0 Å². The highest BCUT2D eigenvalue weighted by molar-refractivity contribution is 6.31. The van der Waals surface area contributed by atoms with E-state index in [0.717, 1.165) is 16.1 Å². The number of rotatable bonds is 2. The molecular weight excluding hydrogens is 266 g/mol. The summed E-state index contributed by atoms with van der Waals surface area (Å²) in [5.41, 5.74) is 15.1. The molecule has 1 atom stereocenters. The van der Waals surface area contributed by atoms with Crippen LogP contribution in [0.25, 0.3) is 0 Å². The second-order valence-corrected chi connectivity index (χ2v) is 6.07. The minimum atomic E-state index is -0.107. The van der Waals surface area contributed by atoms with Crippen LogP contribution in [-0.2, 0) is 0 Å².